The van der Waals surface area contributed by atoms with Crippen molar-refractivity contribution < 1.29 is 19.1 Å². The Hall–Kier alpha value is -3.02. The van der Waals surface area contributed by atoms with E-state index in [9.17, 15) is 9.59 Å². The molecule has 1 N–H and O–H groups in total. The number of carbonyl (C=O) groups is 2. The molecule has 2 aromatic rings. The average molecular weight is 467 g/mol. The summed E-state index contributed by atoms with van der Waals surface area (Å²) in [6.07, 6.45) is 5.72. The van der Waals surface area contributed by atoms with Gasteiger partial charge >= 0.3 is 5.97 Å². The Morgan fingerprint density at radius 2 is 1.85 bits per heavy atom. The predicted molar refractivity (Wildman–Crippen MR) is 136 cm³/mol. The molecule has 1 aliphatic heterocycles. The molecular formula is C28H38N2O4. The maximum absolute atomic E-state index is 13.2. The normalized spacial score (nSPS) is 14.4. The molecule has 1 heterocycles. The monoisotopic (exact) mass is 466 g/mol. The average Bonchev–Trinajstić information content (AvgIpc) is 2.84. The van der Waals surface area contributed by atoms with Crippen molar-refractivity contribution >= 4 is 17.6 Å². The van der Waals surface area contributed by atoms with Gasteiger partial charge in [-0.25, -0.2) is 4.79 Å². The second kappa shape index (κ2) is 12.4. The summed E-state index contributed by atoms with van der Waals surface area (Å²) in [4.78, 5) is 27.7. The van der Waals surface area contributed by atoms with Crippen molar-refractivity contribution in [3.63, 3.8) is 0 Å². The number of hydrogen-bond donors (Lipinski definition) is 1. The first-order valence-electron chi connectivity index (χ1n) is 12.5. The topological polar surface area (TPSA) is 67.9 Å². The van der Waals surface area contributed by atoms with Crippen LogP contribution in [0.1, 0.15) is 79.0 Å². The van der Waals surface area contributed by atoms with Gasteiger partial charge in [-0.2, -0.15) is 0 Å². The minimum atomic E-state index is -0.399. The molecule has 2 aromatic carbocycles. The summed E-state index contributed by atoms with van der Waals surface area (Å²) in [5.74, 6) is 0.0516. The van der Waals surface area contributed by atoms with Gasteiger partial charge in [-0.3, -0.25) is 4.79 Å². The van der Waals surface area contributed by atoms with E-state index in [4.69, 9.17) is 9.47 Å². The van der Waals surface area contributed by atoms with Gasteiger partial charge in [0.2, 0.25) is 5.91 Å². The lowest BCUT2D eigenvalue weighted by Gasteiger charge is -2.33. The minimum absolute atomic E-state index is 0.0552. The highest BCUT2D eigenvalue weighted by Gasteiger charge is 2.24. The van der Waals surface area contributed by atoms with Gasteiger partial charge < -0.3 is 19.7 Å². The molecule has 0 bridgehead atoms. The number of nitrogens with one attached hydrogen (secondary N) is 1. The molecule has 0 radical (unpaired) electrons. The molecule has 1 saturated heterocycles. The highest BCUT2D eigenvalue weighted by molar-refractivity contribution is 5.90. The first-order chi connectivity index (χ1) is 16.5. The molecule has 1 fully saturated rings. The van der Waals surface area contributed by atoms with Gasteiger partial charge in [0.25, 0.3) is 0 Å². The maximum atomic E-state index is 13.2. The Kier molecular flexibility index (Phi) is 9.37. The van der Waals surface area contributed by atoms with E-state index in [1.807, 2.05) is 0 Å². The van der Waals surface area contributed by atoms with Crippen molar-refractivity contribution in [2.45, 2.75) is 65.3 Å². The molecule has 34 heavy (non-hydrogen) atoms. The molecule has 0 aliphatic carbocycles. The van der Waals surface area contributed by atoms with Gasteiger partial charge in [0.1, 0.15) is 5.75 Å². The molecule has 1 atom stereocenters. The summed E-state index contributed by atoms with van der Waals surface area (Å²) in [6, 6.07) is 11.5. The van der Waals surface area contributed by atoms with E-state index in [0.29, 0.717) is 17.9 Å². The highest BCUT2D eigenvalue weighted by atomic mass is 16.5. The van der Waals surface area contributed by atoms with Gasteiger partial charge in [-0.05, 0) is 63.3 Å². The number of benzene rings is 2. The molecule has 0 spiro atoms. The first-order valence-corrected chi connectivity index (χ1v) is 12.5. The van der Waals surface area contributed by atoms with E-state index in [1.54, 1.807) is 32.2 Å². The number of hydrogen-bond acceptors (Lipinski definition) is 5. The Labute approximate surface area is 203 Å². The number of methoxy groups -OCH3 is 1. The van der Waals surface area contributed by atoms with Crippen LogP contribution < -0.4 is 15.0 Å². The van der Waals surface area contributed by atoms with E-state index >= 15 is 0 Å². The van der Waals surface area contributed by atoms with Crippen molar-refractivity contribution in [2.75, 3.05) is 31.7 Å². The van der Waals surface area contributed by atoms with E-state index in [-0.39, 0.29) is 18.4 Å². The molecule has 0 saturated carbocycles. The van der Waals surface area contributed by atoms with Crippen LogP contribution in [0.2, 0.25) is 0 Å². The Bertz CT molecular complexity index is 982. The number of amides is 1. The van der Waals surface area contributed by atoms with Crippen LogP contribution in [0.15, 0.2) is 36.4 Å². The lowest BCUT2D eigenvalue weighted by molar-refractivity contribution is -0.121. The molecule has 0 aromatic heterocycles. The van der Waals surface area contributed by atoms with Crippen LogP contribution in [0.3, 0.4) is 0 Å². The van der Waals surface area contributed by atoms with Crippen LogP contribution in [-0.2, 0) is 16.0 Å². The van der Waals surface area contributed by atoms with Crippen LogP contribution in [-0.4, -0.2) is 38.7 Å². The number of rotatable bonds is 10. The van der Waals surface area contributed by atoms with Crippen LogP contribution >= 0.6 is 0 Å². The number of esters is 1. The highest BCUT2D eigenvalue weighted by Crippen LogP contribution is 2.34. The van der Waals surface area contributed by atoms with Gasteiger partial charge in [0, 0.05) is 29.9 Å². The van der Waals surface area contributed by atoms with Crippen molar-refractivity contribution in [3.8, 4) is 5.75 Å². The van der Waals surface area contributed by atoms with Crippen molar-refractivity contribution in [1.29, 1.82) is 0 Å². The van der Waals surface area contributed by atoms with Gasteiger partial charge in [-0.15, -0.1) is 0 Å². The SMILES string of the molecule is CCCC(NC(=O)Cc1ccc(C(=O)OCC)cc1OC)c1c(C)cccc1N1CCCCC1. The maximum Gasteiger partial charge on any atom is 0.338 e. The number of nitrogens with zero attached hydrogens (tertiary/aromatic N) is 1. The lowest BCUT2D eigenvalue weighted by atomic mass is 9.94. The fourth-order valence-corrected chi connectivity index (χ4v) is 4.76. The summed E-state index contributed by atoms with van der Waals surface area (Å²) in [5, 5.41) is 3.30. The second-order valence-corrected chi connectivity index (χ2v) is 8.89. The van der Waals surface area contributed by atoms with Crippen molar-refractivity contribution in [1.82, 2.24) is 5.32 Å². The lowest BCUT2D eigenvalue weighted by Crippen LogP contribution is -2.34. The first kappa shape index (κ1) is 25.6. The summed E-state index contributed by atoms with van der Waals surface area (Å²) in [6.45, 7) is 8.48. The van der Waals surface area contributed by atoms with Crippen LogP contribution in [0.5, 0.6) is 5.75 Å². The Morgan fingerprint density at radius 1 is 1.09 bits per heavy atom. The third-order valence-electron chi connectivity index (χ3n) is 6.41. The number of piperidine rings is 1. The summed E-state index contributed by atoms with van der Waals surface area (Å²) in [7, 11) is 1.55. The third kappa shape index (κ3) is 6.31. The summed E-state index contributed by atoms with van der Waals surface area (Å²) >= 11 is 0. The van der Waals surface area contributed by atoms with E-state index < -0.39 is 5.97 Å². The molecule has 1 aliphatic rings. The molecule has 1 unspecified atom stereocenters. The third-order valence-corrected chi connectivity index (χ3v) is 6.41. The molecular weight excluding hydrogens is 428 g/mol. The molecule has 6 heteroatoms. The Balaban J connectivity index is 1.81. The quantitative estimate of drug-likeness (QED) is 0.477. The standard InChI is InChI=1S/C28H38N2O4/c1-5-11-23(27-20(3)12-10-13-24(27)30-16-8-7-9-17-30)29-26(31)19-21-14-15-22(18-25(21)33-4)28(32)34-6-2/h10,12-15,18,23H,5-9,11,16-17,19H2,1-4H3,(H,29,31). The number of aryl methyl sites for hydroxylation is 1. The predicted octanol–water partition coefficient (Wildman–Crippen LogP) is 5.37. The molecule has 3 rings (SSSR count). The van der Waals surface area contributed by atoms with Crippen molar-refractivity contribution in [3.05, 3.63) is 58.7 Å². The van der Waals surface area contributed by atoms with E-state index in [2.05, 4.69) is 42.3 Å². The van der Waals surface area contributed by atoms with Gasteiger partial charge in [0.05, 0.1) is 31.7 Å². The molecule has 6 nitrogen and oxygen atoms in total. The van der Waals surface area contributed by atoms with Gasteiger partial charge in [-0.1, -0.05) is 31.5 Å². The molecule has 184 valence electrons. The zero-order valence-electron chi connectivity index (χ0n) is 21.0. The fourth-order valence-electron chi connectivity index (χ4n) is 4.76. The van der Waals surface area contributed by atoms with Crippen molar-refractivity contribution in [2.24, 2.45) is 0 Å². The van der Waals surface area contributed by atoms with E-state index in [1.165, 1.54) is 36.1 Å². The van der Waals surface area contributed by atoms with E-state index in [0.717, 1.165) is 31.5 Å². The largest absolute Gasteiger partial charge is 0.496 e. The number of ether oxygens (including phenoxy) is 2. The molecule has 1 amide bonds. The van der Waals surface area contributed by atoms with Crippen LogP contribution in [0.4, 0.5) is 5.69 Å². The minimum Gasteiger partial charge on any atom is -0.496 e. The van der Waals surface area contributed by atoms with Gasteiger partial charge in [0.15, 0.2) is 0 Å². The fraction of sp³-hybridized carbons (Fsp3) is 0.500. The zero-order chi connectivity index (χ0) is 24.5. The smallest absolute Gasteiger partial charge is 0.338 e. The summed E-state index contributed by atoms with van der Waals surface area (Å²) in [5.41, 5.74) is 4.83. The number of carbonyl (C=O) groups excluding carboxylic acids is 2. The summed E-state index contributed by atoms with van der Waals surface area (Å²) < 4.78 is 10.5. The number of anilines is 1. The zero-order valence-corrected chi connectivity index (χ0v) is 21.0. The second-order valence-electron chi connectivity index (χ2n) is 8.89. The van der Waals surface area contributed by atoms with Crippen LogP contribution in [0.25, 0.3) is 0 Å². The van der Waals surface area contributed by atoms with Crippen LogP contribution in [0, 0.1) is 6.92 Å². The Morgan fingerprint density at radius 3 is 2.53 bits per heavy atom.